The van der Waals surface area contributed by atoms with Gasteiger partial charge in [0.1, 0.15) is 12.4 Å². The predicted molar refractivity (Wildman–Crippen MR) is 86.1 cm³/mol. The first-order chi connectivity index (χ1) is 9.47. The van der Waals surface area contributed by atoms with Gasteiger partial charge in [-0.25, -0.2) is 0 Å². The molecule has 0 aliphatic carbocycles. The number of ether oxygens (including phenoxy) is 1. The van der Waals surface area contributed by atoms with Crippen molar-refractivity contribution in [1.29, 1.82) is 0 Å². The highest BCUT2D eigenvalue weighted by molar-refractivity contribution is 5.85. The molecular weight excluding hydrogens is 340 g/mol. The molecule has 8 heteroatoms. The van der Waals surface area contributed by atoms with Crippen LogP contribution in [0.2, 0.25) is 0 Å². The van der Waals surface area contributed by atoms with E-state index in [1.807, 2.05) is 0 Å². The number of nitrogen functional groups attached to an aromatic ring is 1. The van der Waals surface area contributed by atoms with Crippen LogP contribution in [0.15, 0.2) is 18.2 Å². The minimum Gasteiger partial charge on any atom is -0.492 e. The Balaban J connectivity index is 0.00000220. The van der Waals surface area contributed by atoms with Crippen molar-refractivity contribution in [2.24, 2.45) is 0 Å². The van der Waals surface area contributed by atoms with E-state index in [-0.39, 0.29) is 42.9 Å². The standard InChI is InChI=1S/C14H19F3N2O.2ClH/c15-14(16,17)12-10-11(18)4-5-13(12)20-9-8-19-6-2-1-3-7-19;;/h4-5,10H,1-3,6-9,18H2;2*1H. The fraction of sp³-hybridized carbons (Fsp3) is 0.571. The van der Waals surface area contributed by atoms with Gasteiger partial charge >= 0.3 is 6.18 Å². The lowest BCUT2D eigenvalue weighted by Crippen LogP contribution is -2.33. The Bertz CT molecular complexity index is 452. The maximum atomic E-state index is 12.9. The van der Waals surface area contributed by atoms with E-state index >= 15 is 0 Å². The summed E-state index contributed by atoms with van der Waals surface area (Å²) in [5, 5.41) is 0. The number of nitrogens with two attached hydrogens (primary N) is 1. The summed E-state index contributed by atoms with van der Waals surface area (Å²) in [5.74, 6) is -0.149. The second-order valence-corrected chi connectivity index (χ2v) is 5.00. The smallest absolute Gasteiger partial charge is 0.420 e. The molecule has 1 fully saturated rings. The average molecular weight is 361 g/mol. The number of benzene rings is 1. The number of nitrogens with zero attached hydrogens (tertiary/aromatic N) is 1. The van der Waals surface area contributed by atoms with Gasteiger partial charge in [-0.15, -0.1) is 24.8 Å². The zero-order valence-corrected chi connectivity index (χ0v) is 13.7. The summed E-state index contributed by atoms with van der Waals surface area (Å²) in [4.78, 5) is 2.22. The van der Waals surface area contributed by atoms with Gasteiger partial charge in [0.05, 0.1) is 5.56 Å². The van der Waals surface area contributed by atoms with Crippen LogP contribution < -0.4 is 10.5 Å². The van der Waals surface area contributed by atoms with Crippen molar-refractivity contribution in [2.75, 3.05) is 32.0 Å². The Morgan fingerprint density at radius 3 is 2.32 bits per heavy atom. The van der Waals surface area contributed by atoms with E-state index < -0.39 is 11.7 Å². The Kier molecular flexibility index (Phi) is 8.96. The SMILES string of the molecule is Cl.Cl.Nc1ccc(OCCN2CCCCC2)c(C(F)(F)F)c1. The van der Waals surface area contributed by atoms with Crippen molar-refractivity contribution in [3.8, 4) is 5.75 Å². The Hall–Kier alpha value is -0.850. The Morgan fingerprint density at radius 1 is 1.09 bits per heavy atom. The highest BCUT2D eigenvalue weighted by Gasteiger charge is 2.34. The fourth-order valence-electron chi connectivity index (χ4n) is 2.36. The zero-order chi connectivity index (χ0) is 14.6. The van der Waals surface area contributed by atoms with Crippen LogP contribution in [-0.4, -0.2) is 31.1 Å². The molecule has 1 aromatic carbocycles. The van der Waals surface area contributed by atoms with E-state index in [0.29, 0.717) is 6.54 Å². The molecule has 128 valence electrons. The van der Waals surface area contributed by atoms with Gasteiger partial charge in [-0.3, -0.25) is 4.90 Å². The van der Waals surface area contributed by atoms with Crippen molar-refractivity contribution < 1.29 is 17.9 Å². The number of hydrogen-bond donors (Lipinski definition) is 1. The van der Waals surface area contributed by atoms with Crippen LogP contribution in [0, 0.1) is 0 Å². The predicted octanol–water partition coefficient (Wildman–Crippen LogP) is 4.00. The normalized spacial score (nSPS) is 15.6. The lowest BCUT2D eigenvalue weighted by molar-refractivity contribution is -0.138. The van der Waals surface area contributed by atoms with Gasteiger partial charge in [-0.1, -0.05) is 6.42 Å². The summed E-state index contributed by atoms with van der Waals surface area (Å²) in [5.41, 5.74) is 4.68. The summed E-state index contributed by atoms with van der Waals surface area (Å²) in [6, 6.07) is 3.62. The molecule has 1 aliphatic rings. The summed E-state index contributed by atoms with van der Waals surface area (Å²) in [6.45, 7) is 2.91. The van der Waals surface area contributed by atoms with Gasteiger partial charge in [-0.05, 0) is 44.1 Å². The maximum Gasteiger partial charge on any atom is 0.420 e. The number of anilines is 1. The van der Waals surface area contributed by atoms with Crippen LogP contribution in [0.3, 0.4) is 0 Å². The van der Waals surface area contributed by atoms with Gasteiger partial charge in [0.25, 0.3) is 0 Å². The van der Waals surface area contributed by atoms with E-state index in [1.54, 1.807) is 0 Å². The number of rotatable bonds is 4. The van der Waals surface area contributed by atoms with Crippen molar-refractivity contribution in [3.05, 3.63) is 23.8 Å². The van der Waals surface area contributed by atoms with E-state index in [4.69, 9.17) is 10.5 Å². The fourth-order valence-corrected chi connectivity index (χ4v) is 2.36. The number of hydrogen-bond acceptors (Lipinski definition) is 3. The largest absolute Gasteiger partial charge is 0.492 e. The summed E-state index contributed by atoms with van der Waals surface area (Å²) >= 11 is 0. The molecule has 0 saturated carbocycles. The molecule has 1 heterocycles. The molecule has 0 aromatic heterocycles. The molecule has 1 saturated heterocycles. The molecule has 2 rings (SSSR count). The van der Waals surface area contributed by atoms with Gasteiger partial charge < -0.3 is 10.5 Å². The third-order valence-corrected chi connectivity index (χ3v) is 3.42. The summed E-state index contributed by atoms with van der Waals surface area (Å²) < 4.78 is 43.9. The second-order valence-electron chi connectivity index (χ2n) is 5.00. The molecule has 0 spiro atoms. The number of piperidine rings is 1. The van der Waals surface area contributed by atoms with Crippen molar-refractivity contribution >= 4 is 30.5 Å². The van der Waals surface area contributed by atoms with Crippen LogP contribution >= 0.6 is 24.8 Å². The first kappa shape index (κ1) is 21.1. The molecule has 22 heavy (non-hydrogen) atoms. The van der Waals surface area contributed by atoms with E-state index in [1.165, 1.54) is 18.6 Å². The van der Waals surface area contributed by atoms with Gasteiger partial charge in [-0.2, -0.15) is 13.2 Å². The van der Waals surface area contributed by atoms with Crippen LogP contribution in [0.4, 0.5) is 18.9 Å². The van der Waals surface area contributed by atoms with Crippen LogP contribution in [-0.2, 0) is 6.18 Å². The lowest BCUT2D eigenvalue weighted by Gasteiger charge is -2.26. The third-order valence-electron chi connectivity index (χ3n) is 3.42. The van der Waals surface area contributed by atoms with Crippen LogP contribution in [0.5, 0.6) is 5.75 Å². The number of halogens is 5. The van der Waals surface area contributed by atoms with Gasteiger partial charge in [0, 0.05) is 12.2 Å². The summed E-state index contributed by atoms with van der Waals surface area (Å²) in [6.07, 6.45) is -0.922. The second kappa shape index (κ2) is 9.33. The van der Waals surface area contributed by atoms with Gasteiger partial charge in [0.15, 0.2) is 0 Å². The Morgan fingerprint density at radius 2 is 1.73 bits per heavy atom. The molecule has 1 aromatic rings. The highest BCUT2D eigenvalue weighted by Crippen LogP contribution is 2.37. The molecular formula is C14H21Cl2F3N2O. The van der Waals surface area contributed by atoms with Gasteiger partial charge in [0.2, 0.25) is 0 Å². The number of likely N-dealkylation sites (tertiary alicyclic amines) is 1. The molecule has 0 radical (unpaired) electrons. The third kappa shape index (κ3) is 6.10. The molecule has 3 nitrogen and oxygen atoms in total. The zero-order valence-electron chi connectivity index (χ0n) is 12.1. The molecule has 0 unspecified atom stereocenters. The maximum absolute atomic E-state index is 12.9. The minimum absolute atomic E-state index is 0. The number of alkyl halides is 3. The highest BCUT2D eigenvalue weighted by atomic mass is 35.5. The molecule has 0 bridgehead atoms. The van der Waals surface area contributed by atoms with Crippen LogP contribution in [0.25, 0.3) is 0 Å². The molecule has 2 N–H and O–H groups in total. The molecule has 0 amide bonds. The lowest BCUT2D eigenvalue weighted by atomic mass is 10.1. The molecule has 1 aliphatic heterocycles. The van der Waals surface area contributed by atoms with Crippen LogP contribution in [0.1, 0.15) is 24.8 Å². The monoisotopic (exact) mass is 360 g/mol. The minimum atomic E-state index is -4.45. The Labute approximate surface area is 140 Å². The average Bonchev–Trinajstić information content (AvgIpc) is 2.40. The first-order valence-corrected chi connectivity index (χ1v) is 6.79. The van der Waals surface area contributed by atoms with E-state index in [0.717, 1.165) is 32.0 Å². The molecule has 0 atom stereocenters. The summed E-state index contributed by atoms with van der Waals surface area (Å²) in [7, 11) is 0. The quantitative estimate of drug-likeness (QED) is 0.824. The van der Waals surface area contributed by atoms with E-state index in [9.17, 15) is 13.2 Å². The van der Waals surface area contributed by atoms with Crippen molar-refractivity contribution in [3.63, 3.8) is 0 Å². The van der Waals surface area contributed by atoms with Crippen molar-refractivity contribution in [2.45, 2.75) is 25.4 Å². The first-order valence-electron chi connectivity index (χ1n) is 6.79. The topological polar surface area (TPSA) is 38.5 Å². The van der Waals surface area contributed by atoms with E-state index in [2.05, 4.69) is 4.90 Å². The van der Waals surface area contributed by atoms with Crippen molar-refractivity contribution in [1.82, 2.24) is 4.90 Å².